The zero-order chi connectivity index (χ0) is 14.7. The summed E-state index contributed by atoms with van der Waals surface area (Å²) in [6.45, 7) is 7.43. The first-order valence-corrected chi connectivity index (χ1v) is 7.07. The Kier molecular flexibility index (Phi) is 4.45. The first-order valence-electron chi connectivity index (χ1n) is 7.07. The fraction of sp³-hybridized carbons (Fsp3) is 0.438. The Balaban J connectivity index is 2.24. The highest BCUT2D eigenvalue weighted by Gasteiger charge is 2.21. The van der Waals surface area contributed by atoms with Crippen LogP contribution in [0.25, 0.3) is 10.9 Å². The van der Waals surface area contributed by atoms with Gasteiger partial charge in [-0.3, -0.25) is 4.79 Å². The summed E-state index contributed by atoms with van der Waals surface area (Å²) in [5, 5.41) is 13.6. The molecule has 0 unspecified atom stereocenters. The second kappa shape index (κ2) is 6.09. The van der Waals surface area contributed by atoms with Crippen LogP contribution in [0.15, 0.2) is 30.5 Å². The van der Waals surface area contributed by atoms with E-state index in [9.17, 15) is 9.90 Å². The highest BCUT2D eigenvalue weighted by molar-refractivity contribution is 5.84. The fourth-order valence-corrected chi connectivity index (χ4v) is 2.55. The van der Waals surface area contributed by atoms with Gasteiger partial charge in [-0.05, 0) is 24.5 Å². The molecule has 1 aromatic heterocycles. The Labute approximate surface area is 119 Å². The van der Waals surface area contributed by atoms with E-state index in [1.807, 2.05) is 26.0 Å². The monoisotopic (exact) mass is 274 g/mol. The third kappa shape index (κ3) is 2.85. The Morgan fingerprint density at radius 3 is 2.65 bits per heavy atom. The number of aliphatic carboxylic acids is 1. The van der Waals surface area contributed by atoms with Crippen LogP contribution in [0.5, 0.6) is 0 Å². The van der Waals surface area contributed by atoms with Crippen molar-refractivity contribution in [1.82, 2.24) is 9.88 Å². The van der Waals surface area contributed by atoms with E-state index in [1.54, 1.807) is 0 Å². The number of aryl methyl sites for hydroxylation is 1. The predicted molar refractivity (Wildman–Crippen MR) is 80.7 cm³/mol. The average Bonchev–Trinajstić information content (AvgIpc) is 2.77. The highest BCUT2D eigenvalue weighted by Crippen LogP contribution is 2.21. The maximum atomic E-state index is 11.2. The second-order valence-electron chi connectivity index (χ2n) is 5.40. The molecule has 0 saturated heterocycles. The normalized spacial score (nSPS) is 13.0. The van der Waals surface area contributed by atoms with Gasteiger partial charge in [0.25, 0.3) is 0 Å². The van der Waals surface area contributed by atoms with E-state index >= 15 is 0 Å². The average molecular weight is 274 g/mol. The van der Waals surface area contributed by atoms with Gasteiger partial charge in [-0.15, -0.1) is 0 Å². The van der Waals surface area contributed by atoms with Crippen LogP contribution in [-0.4, -0.2) is 21.7 Å². The predicted octanol–water partition coefficient (Wildman–Crippen LogP) is 2.86. The largest absolute Gasteiger partial charge is 0.480 e. The molecule has 1 aromatic carbocycles. The van der Waals surface area contributed by atoms with Crippen LogP contribution >= 0.6 is 0 Å². The van der Waals surface area contributed by atoms with E-state index in [-0.39, 0.29) is 5.92 Å². The number of fused-ring (bicyclic) bond motifs is 1. The summed E-state index contributed by atoms with van der Waals surface area (Å²) in [5.41, 5.74) is 2.34. The van der Waals surface area contributed by atoms with E-state index in [2.05, 4.69) is 35.1 Å². The van der Waals surface area contributed by atoms with Crippen LogP contribution in [0.1, 0.15) is 26.3 Å². The molecule has 0 spiro atoms. The van der Waals surface area contributed by atoms with E-state index in [4.69, 9.17) is 0 Å². The van der Waals surface area contributed by atoms with Gasteiger partial charge < -0.3 is 15.0 Å². The zero-order valence-electron chi connectivity index (χ0n) is 12.3. The minimum absolute atomic E-state index is 0.0621. The lowest BCUT2D eigenvalue weighted by atomic mass is 10.0. The first-order chi connectivity index (χ1) is 9.54. The standard InChI is InChI=1S/C16H22N2O2/c1-4-18-10-12(13-7-5-6-8-14(13)18)9-17-15(11(2)3)16(19)20/h5-8,10-11,15,17H,4,9H2,1-3H3,(H,19,20)/t15-/m1/s1. The third-order valence-corrected chi connectivity index (χ3v) is 3.66. The first kappa shape index (κ1) is 14.6. The molecule has 0 fully saturated rings. The van der Waals surface area contributed by atoms with Gasteiger partial charge in [-0.1, -0.05) is 32.0 Å². The molecule has 0 aliphatic rings. The summed E-state index contributed by atoms with van der Waals surface area (Å²) in [6.07, 6.45) is 2.11. The lowest BCUT2D eigenvalue weighted by Crippen LogP contribution is -2.40. The van der Waals surface area contributed by atoms with E-state index in [0.717, 1.165) is 12.1 Å². The van der Waals surface area contributed by atoms with Gasteiger partial charge in [0.1, 0.15) is 6.04 Å². The van der Waals surface area contributed by atoms with Crippen molar-refractivity contribution in [3.8, 4) is 0 Å². The molecular formula is C16H22N2O2. The molecule has 2 rings (SSSR count). The SMILES string of the molecule is CCn1cc(CN[C@@H](C(=O)O)C(C)C)c2ccccc21. The van der Waals surface area contributed by atoms with Crippen LogP contribution in [0.4, 0.5) is 0 Å². The summed E-state index contributed by atoms with van der Waals surface area (Å²) < 4.78 is 2.19. The summed E-state index contributed by atoms with van der Waals surface area (Å²) >= 11 is 0. The molecule has 1 atom stereocenters. The Hall–Kier alpha value is -1.81. The topological polar surface area (TPSA) is 54.3 Å². The van der Waals surface area contributed by atoms with Gasteiger partial charge in [-0.25, -0.2) is 0 Å². The number of carboxylic acids is 1. The lowest BCUT2D eigenvalue weighted by molar-refractivity contribution is -0.140. The Bertz CT molecular complexity index is 602. The minimum Gasteiger partial charge on any atom is -0.480 e. The summed E-state index contributed by atoms with van der Waals surface area (Å²) in [6, 6.07) is 7.71. The Morgan fingerprint density at radius 2 is 2.05 bits per heavy atom. The minimum atomic E-state index is -0.792. The molecule has 0 amide bonds. The van der Waals surface area contributed by atoms with Crippen LogP contribution in [0.2, 0.25) is 0 Å². The molecule has 4 heteroatoms. The van der Waals surface area contributed by atoms with Crippen molar-refractivity contribution < 1.29 is 9.90 Å². The van der Waals surface area contributed by atoms with Crippen LogP contribution in [0.3, 0.4) is 0 Å². The summed E-state index contributed by atoms with van der Waals surface area (Å²) in [4.78, 5) is 11.2. The van der Waals surface area contributed by atoms with Crippen molar-refractivity contribution in [1.29, 1.82) is 0 Å². The molecule has 0 aliphatic carbocycles. The van der Waals surface area contributed by atoms with Crippen molar-refractivity contribution >= 4 is 16.9 Å². The van der Waals surface area contributed by atoms with Crippen LogP contribution in [0, 0.1) is 5.92 Å². The molecule has 0 aliphatic heterocycles. The van der Waals surface area contributed by atoms with Crippen molar-refractivity contribution in [2.45, 2.75) is 39.9 Å². The van der Waals surface area contributed by atoms with Gasteiger partial charge in [0.05, 0.1) is 0 Å². The summed E-state index contributed by atoms with van der Waals surface area (Å²) in [5.74, 6) is -0.730. The van der Waals surface area contributed by atoms with Gasteiger partial charge in [0.2, 0.25) is 0 Å². The number of nitrogens with one attached hydrogen (secondary N) is 1. The molecule has 20 heavy (non-hydrogen) atoms. The number of benzene rings is 1. The quantitative estimate of drug-likeness (QED) is 0.851. The van der Waals surface area contributed by atoms with E-state index in [0.29, 0.717) is 6.54 Å². The van der Waals surface area contributed by atoms with Gasteiger partial charge in [0.15, 0.2) is 0 Å². The van der Waals surface area contributed by atoms with Gasteiger partial charge in [-0.2, -0.15) is 0 Å². The van der Waals surface area contributed by atoms with Crippen LogP contribution in [-0.2, 0) is 17.9 Å². The Morgan fingerprint density at radius 1 is 1.35 bits per heavy atom. The number of hydrogen-bond acceptors (Lipinski definition) is 2. The zero-order valence-corrected chi connectivity index (χ0v) is 12.3. The number of aromatic nitrogens is 1. The van der Waals surface area contributed by atoms with Crippen molar-refractivity contribution in [2.24, 2.45) is 5.92 Å². The fourth-order valence-electron chi connectivity index (χ4n) is 2.55. The highest BCUT2D eigenvalue weighted by atomic mass is 16.4. The number of hydrogen-bond donors (Lipinski definition) is 2. The lowest BCUT2D eigenvalue weighted by Gasteiger charge is -2.17. The number of rotatable bonds is 6. The number of nitrogens with zero attached hydrogens (tertiary/aromatic N) is 1. The molecule has 0 saturated carbocycles. The second-order valence-corrected chi connectivity index (χ2v) is 5.40. The molecular weight excluding hydrogens is 252 g/mol. The van der Waals surface area contributed by atoms with Crippen molar-refractivity contribution in [3.63, 3.8) is 0 Å². The smallest absolute Gasteiger partial charge is 0.320 e. The molecule has 2 aromatic rings. The van der Waals surface area contributed by atoms with Gasteiger partial charge in [0, 0.05) is 30.2 Å². The maximum Gasteiger partial charge on any atom is 0.320 e. The number of carboxylic acid groups (broad SMARTS) is 1. The number of para-hydroxylation sites is 1. The number of carbonyl (C=O) groups is 1. The summed E-state index contributed by atoms with van der Waals surface area (Å²) in [7, 11) is 0. The van der Waals surface area contributed by atoms with Crippen LogP contribution < -0.4 is 5.32 Å². The van der Waals surface area contributed by atoms with E-state index < -0.39 is 12.0 Å². The molecule has 0 radical (unpaired) electrons. The van der Waals surface area contributed by atoms with Crippen molar-refractivity contribution in [3.05, 3.63) is 36.0 Å². The third-order valence-electron chi connectivity index (χ3n) is 3.66. The molecule has 4 nitrogen and oxygen atoms in total. The van der Waals surface area contributed by atoms with Gasteiger partial charge >= 0.3 is 5.97 Å². The van der Waals surface area contributed by atoms with E-state index in [1.165, 1.54) is 10.9 Å². The molecule has 1 heterocycles. The molecule has 108 valence electrons. The molecule has 0 bridgehead atoms. The van der Waals surface area contributed by atoms with Crippen molar-refractivity contribution in [2.75, 3.05) is 0 Å². The molecule has 2 N–H and O–H groups in total. The maximum absolute atomic E-state index is 11.2.